The molecule has 2 rings (SSSR count). The van der Waals surface area contributed by atoms with E-state index in [1.54, 1.807) is 30.3 Å². The Bertz CT molecular complexity index is 513. The molecule has 2 atom stereocenters. The van der Waals surface area contributed by atoms with Crippen LogP contribution in [0.2, 0.25) is 0 Å². The van der Waals surface area contributed by atoms with Gasteiger partial charge in [-0.25, -0.2) is 9.86 Å². The number of carboxylic acid groups (broad SMARTS) is 1. The van der Waals surface area contributed by atoms with Crippen molar-refractivity contribution in [3.05, 3.63) is 35.9 Å². The van der Waals surface area contributed by atoms with Gasteiger partial charge in [0.25, 0.3) is 5.91 Å². The molecular formula is C13H13NO5. The Labute approximate surface area is 109 Å². The summed E-state index contributed by atoms with van der Waals surface area (Å²) >= 11 is 0. The fourth-order valence-corrected chi connectivity index (χ4v) is 2.17. The second kappa shape index (κ2) is 5.19. The van der Waals surface area contributed by atoms with Crippen LogP contribution < -0.4 is 0 Å². The molecule has 0 bridgehead atoms. The van der Waals surface area contributed by atoms with E-state index in [-0.39, 0.29) is 12.2 Å². The number of rotatable bonds is 4. The Morgan fingerprint density at radius 1 is 1.32 bits per heavy atom. The van der Waals surface area contributed by atoms with E-state index < -0.39 is 23.8 Å². The Balaban J connectivity index is 2.25. The first-order chi connectivity index (χ1) is 9.06. The maximum absolute atomic E-state index is 12.2. The molecular weight excluding hydrogens is 250 g/mol. The molecule has 0 aliphatic carbocycles. The molecule has 1 aliphatic rings. The van der Waals surface area contributed by atoms with Crippen LogP contribution in [0.1, 0.15) is 16.8 Å². The normalized spacial score (nSPS) is 22.6. The van der Waals surface area contributed by atoms with Crippen LogP contribution in [0.4, 0.5) is 0 Å². The lowest BCUT2D eigenvalue weighted by atomic mass is 9.95. The van der Waals surface area contributed by atoms with E-state index in [1.807, 2.05) is 0 Å². The number of hydroxylamine groups is 2. The first kappa shape index (κ1) is 13.2. The highest BCUT2D eigenvalue weighted by atomic mass is 16.7. The lowest BCUT2D eigenvalue weighted by molar-refractivity contribution is -0.187. The number of benzene rings is 1. The molecule has 1 aromatic carbocycles. The van der Waals surface area contributed by atoms with Gasteiger partial charge in [-0.3, -0.25) is 14.4 Å². The van der Waals surface area contributed by atoms with Gasteiger partial charge >= 0.3 is 5.97 Å². The second-order valence-electron chi connectivity index (χ2n) is 4.22. The fraction of sp³-hybridized carbons (Fsp3) is 0.308. The number of carboxylic acids is 1. The molecule has 100 valence electrons. The third-order valence-electron chi connectivity index (χ3n) is 3.11. The number of Topliss-reactive ketones (excluding diaryl/α,β-unsaturated/α-hetero) is 1. The number of carbonyl (C=O) groups is 3. The Morgan fingerprint density at radius 3 is 2.42 bits per heavy atom. The summed E-state index contributed by atoms with van der Waals surface area (Å²) in [4.78, 5) is 40.0. The molecule has 1 saturated heterocycles. The van der Waals surface area contributed by atoms with Gasteiger partial charge < -0.3 is 5.11 Å². The van der Waals surface area contributed by atoms with E-state index in [4.69, 9.17) is 9.94 Å². The number of carbonyl (C=O) groups excluding carboxylic acids is 2. The predicted molar refractivity (Wildman–Crippen MR) is 64.2 cm³/mol. The van der Waals surface area contributed by atoms with Crippen LogP contribution in [0.5, 0.6) is 0 Å². The highest BCUT2D eigenvalue weighted by Gasteiger charge is 2.47. The van der Waals surface area contributed by atoms with Crippen molar-refractivity contribution in [3.63, 3.8) is 0 Å². The second-order valence-corrected chi connectivity index (χ2v) is 4.22. The fourth-order valence-electron chi connectivity index (χ4n) is 2.17. The zero-order valence-electron chi connectivity index (χ0n) is 10.3. The third-order valence-corrected chi connectivity index (χ3v) is 3.11. The molecule has 6 nitrogen and oxygen atoms in total. The summed E-state index contributed by atoms with van der Waals surface area (Å²) in [6.45, 7) is 0. The van der Waals surface area contributed by atoms with E-state index in [0.717, 1.165) is 5.06 Å². The van der Waals surface area contributed by atoms with Crippen molar-refractivity contribution in [2.45, 2.75) is 12.5 Å². The monoisotopic (exact) mass is 263 g/mol. The van der Waals surface area contributed by atoms with Crippen molar-refractivity contribution in [2.24, 2.45) is 5.92 Å². The van der Waals surface area contributed by atoms with Gasteiger partial charge in [0.05, 0.1) is 7.11 Å². The molecule has 6 heteroatoms. The van der Waals surface area contributed by atoms with Crippen molar-refractivity contribution in [2.75, 3.05) is 7.11 Å². The maximum Gasteiger partial charge on any atom is 0.329 e. The van der Waals surface area contributed by atoms with Crippen LogP contribution in [-0.2, 0) is 14.4 Å². The van der Waals surface area contributed by atoms with Gasteiger partial charge in [-0.1, -0.05) is 30.3 Å². The van der Waals surface area contributed by atoms with Crippen molar-refractivity contribution in [3.8, 4) is 0 Å². The summed E-state index contributed by atoms with van der Waals surface area (Å²) in [6, 6.07) is 7.22. The maximum atomic E-state index is 12.2. The van der Waals surface area contributed by atoms with Crippen LogP contribution in [-0.4, -0.2) is 41.0 Å². The summed E-state index contributed by atoms with van der Waals surface area (Å²) in [5.74, 6) is -3.16. The lowest BCUT2D eigenvalue weighted by Gasteiger charge is -2.17. The molecule has 1 heterocycles. The molecule has 0 saturated carbocycles. The van der Waals surface area contributed by atoms with Gasteiger partial charge in [0, 0.05) is 12.0 Å². The van der Waals surface area contributed by atoms with Crippen molar-refractivity contribution >= 4 is 17.7 Å². The summed E-state index contributed by atoms with van der Waals surface area (Å²) in [7, 11) is 1.21. The van der Waals surface area contributed by atoms with Crippen LogP contribution in [0.25, 0.3) is 0 Å². The van der Waals surface area contributed by atoms with Crippen LogP contribution in [0.3, 0.4) is 0 Å². The Morgan fingerprint density at radius 2 is 1.95 bits per heavy atom. The topological polar surface area (TPSA) is 83.9 Å². The minimum absolute atomic E-state index is 0.0737. The van der Waals surface area contributed by atoms with E-state index in [9.17, 15) is 14.4 Å². The predicted octanol–water partition coefficient (Wildman–Crippen LogP) is 0.732. The van der Waals surface area contributed by atoms with Crippen LogP contribution in [0.15, 0.2) is 30.3 Å². The summed E-state index contributed by atoms with van der Waals surface area (Å²) in [6.07, 6.45) is -0.0737. The standard InChI is InChI=1S/C13H13NO5/c1-19-14-10(13(17)18)7-9(12(14)16)11(15)8-5-3-2-4-6-8/h2-6,9-10H,7H2,1H3,(H,17,18)/t9?,10-/m0/s1. The Hall–Kier alpha value is -2.21. The number of nitrogens with zero attached hydrogens (tertiary/aromatic N) is 1. The molecule has 1 aliphatic heterocycles. The average Bonchev–Trinajstić information content (AvgIpc) is 2.76. The van der Waals surface area contributed by atoms with Crippen molar-refractivity contribution in [1.29, 1.82) is 0 Å². The molecule has 1 aromatic rings. The summed E-state index contributed by atoms with van der Waals surface area (Å²) < 4.78 is 0. The highest BCUT2D eigenvalue weighted by Crippen LogP contribution is 2.28. The van der Waals surface area contributed by atoms with E-state index in [2.05, 4.69) is 0 Å². The lowest BCUT2D eigenvalue weighted by Crippen LogP contribution is -2.38. The van der Waals surface area contributed by atoms with Gasteiger partial charge in [-0.15, -0.1) is 0 Å². The van der Waals surface area contributed by atoms with Crippen LogP contribution >= 0.6 is 0 Å². The van der Waals surface area contributed by atoms with E-state index in [0.29, 0.717) is 5.56 Å². The molecule has 1 N–H and O–H groups in total. The Kier molecular flexibility index (Phi) is 3.62. The van der Waals surface area contributed by atoms with E-state index >= 15 is 0 Å². The minimum atomic E-state index is -1.18. The van der Waals surface area contributed by atoms with Crippen LogP contribution in [0, 0.1) is 5.92 Å². The number of hydrogen-bond acceptors (Lipinski definition) is 4. The summed E-state index contributed by atoms with van der Waals surface area (Å²) in [5, 5.41) is 9.78. The highest BCUT2D eigenvalue weighted by molar-refractivity contribution is 6.11. The molecule has 0 radical (unpaired) electrons. The molecule has 19 heavy (non-hydrogen) atoms. The quantitative estimate of drug-likeness (QED) is 0.639. The smallest absolute Gasteiger partial charge is 0.329 e. The molecule has 1 fully saturated rings. The summed E-state index contributed by atoms with van der Waals surface area (Å²) in [5.41, 5.74) is 0.392. The zero-order chi connectivity index (χ0) is 14.0. The molecule has 0 spiro atoms. The average molecular weight is 263 g/mol. The van der Waals surface area contributed by atoms with Gasteiger partial charge in [0.2, 0.25) is 0 Å². The van der Waals surface area contributed by atoms with Crippen molar-refractivity contribution < 1.29 is 24.3 Å². The van der Waals surface area contributed by atoms with Gasteiger partial charge in [0.1, 0.15) is 5.92 Å². The molecule has 0 aromatic heterocycles. The number of aliphatic carboxylic acids is 1. The van der Waals surface area contributed by atoms with Gasteiger partial charge in [0.15, 0.2) is 11.8 Å². The number of hydrogen-bond donors (Lipinski definition) is 1. The zero-order valence-corrected chi connectivity index (χ0v) is 10.3. The largest absolute Gasteiger partial charge is 0.480 e. The first-order valence-electron chi connectivity index (χ1n) is 5.75. The SMILES string of the molecule is CON1C(=O)C(C(=O)c2ccccc2)C[C@H]1C(=O)O. The van der Waals surface area contributed by atoms with E-state index in [1.165, 1.54) is 7.11 Å². The van der Waals surface area contributed by atoms with Crippen molar-refractivity contribution in [1.82, 2.24) is 5.06 Å². The molecule has 1 amide bonds. The number of amides is 1. The first-order valence-corrected chi connectivity index (χ1v) is 5.75. The van der Waals surface area contributed by atoms with Gasteiger partial charge in [-0.2, -0.15) is 0 Å². The minimum Gasteiger partial charge on any atom is -0.480 e. The van der Waals surface area contributed by atoms with Gasteiger partial charge in [-0.05, 0) is 0 Å². The third kappa shape index (κ3) is 2.34. The number of ketones is 1. The molecule has 1 unspecified atom stereocenters.